The summed E-state index contributed by atoms with van der Waals surface area (Å²) in [6, 6.07) is 18.5. The summed E-state index contributed by atoms with van der Waals surface area (Å²) in [5, 5.41) is 6.88. The second kappa shape index (κ2) is 8.65. The van der Waals surface area contributed by atoms with Crippen LogP contribution in [0.25, 0.3) is 0 Å². The number of hydrogen-bond acceptors (Lipinski definition) is 2. The first kappa shape index (κ1) is 19.7. The number of nitrogens with one attached hydrogen (secondary N) is 2. The fourth-order valence-corrected chi connectivity index (χ4v) is 2.66. The summed E-state index contributed by atoms with van der Waals surface area (Å²) in [5.41, 5.74) is 3.31. The van der Waals surface area contributed by atoms with Crippen LogP contribution in [0.5, 0.6) is 0 Å². The molecule has 2 rings (SSSR count). The highest BCUT2D eigenvalue weighted by molar-refractivity contribution is 6.48. The Morgan fingerprint density at radius 2 is 1.46 bits per heavy atom. The van der Waals surface area contributed by atoms with Crippen molar-refractivity contribution in [1.82, 2.24) is 0 Å². The quantitative estimate of drug-likeness (QED) is 0.579. The largest absolute Gasteiger partial charge is 0.337 e. The molecular weight excluding hydrogens is 320 g/mol. The number of hydrogen-bond donors (Lipinski definition) is 2. The fraction of sp³-hybridized carbons (Fsp3) is 0.364. The van der Waals surface area contributed by atoms with Gasteiger partial charge in [-0.05, 0) is 43.0 Å². The van der Waals surface area contributed by atoms with E-state index in [0.717, 1.165) is 23.0 Å². The molecule has 4 nitrogen and oxygen atoms in total. The zero-order chi connectivity index (χ0) is 19.2. The lowest BCUT2D eigenvalue weighted by Gasteiger charge is -2.24. The molecule has 0 bridgehead atoms. The van der Waals surface area contributed by atoms with Crippen molar-refractivity contribution in [3.63, 3.8) is 0 Å². The van der Waals surface area contributed by atoms with Crippen LogP contribution in [0.1, 0.15) is 40.2 Å². The molecule has 4 heteroatoms. The van der Waals surface area contributed by atoms with Gasteiger partial charge in [-0.15, -0.1) is 0 Å². The van der Waals surface area contributed by atoms with Gasteiger partial charge in [0.05, 0.1) is 0 Å². The number of amidine groups is 2. The van der Waals surface area contributed by atoms with Gasteiger partial charge in [0, 0.05) is 24.5 Å². The van der Waals surface area contributed by atoms with Crippen molar-refractivity contribution in [1.29, 1.82) is 0 Å². The molecule has 0 heterocycles. The molecule has 2 N–H and O–H groups in total. The molecular formula is C22H30N4. The fourth-order valence-electron chi connectivity index (χ4n) is 2.66. The molecule has 0 aliphatic carbocycles. The normalized spacial score (nSPS) is 13.0. The van der Waals surface area contributed by atoms with Crippen LogP contribution in [0, 0.1) is 0 Å². The summed E-state index contributed by atoms with van der Waals surface area (Å²) in [6.07, 6.45) is 0. The molecule has 0 unspecified atom stereocenters. The predicted octanol–water partition coefficient (Wildman–Crippen LogP) is 5.34. The summed E-state index contributed by atoms with van der Waals surface area (Å²) < 4.78 is 0. The van der Waals surface area contributed by atoms with E-state index < -0.39 is 0 Å². The Balaban J connectivity index is 2.36. The summed E-state index contributed by atoms with van der Waals surface area (Å²) in [6.45, 7) is 10.7. The van der Waals surface area contributed by atoms with Gasteiger partial charge in [0.1, 0.15) is 0 Å². The third-order valence-electron chi connectivity index (χ3n) is 3.86. The van der Waals surface area contributed by atoms with Crippen LogP contribution in [-0.2, 0) is 5.41 Å². The molecule has 138 valence electrons. The molecule has 2 aromatic rings. The van der Waals surface area contributed by atoms with E-state index in [2.05, 4.69) is 68.4 Å². The first-order valence-corrected chi connectivity index (χ1v) is 9.05. The Kier molecular flexibility index (Phi) is 6.56. The molecule has 0 spiro atoms. The maximum atomic E-state index is 4.74. The zero-order valence-corrected chi connectivity index (χ0v) is 16.7. The maximum Gasteiger partial charge on any atom is 0.169 e. The predicted molar refractivity (Wildman–Crippen MR) is 115 cm³/mol. The van der Waals surface area contributed by atoms with Gasteiger partial charge in [0.2, 0.25) is 0 Å². The van der Waals surface area contributed by atoms with Gasteiger partial charge in [-0.3, -0.25) is 9.98 Å². The minimum Gasteiger partial charge on any atom is -0.337 e. The van der Waals surface area contributed by atoms with E-state index >= 15 is 0 Å². The first-order chi connectivity index (χ1) is 12.3. The van der Waals surface area contributed by atoms with E-state index in [1.54, 1.807) is 7.05 Å². The van der Waals surface area contributed by atoms with Crippen LogP contribution < -0.4 is 10.6 Å². The average molecular weight is 351 g/mol. The van der Waals surface area contributed by atoms with Crippen LogP contribution in [0.3, 0.4) is 0 Å². The molecule has 26 heavy (non-hydrogen) atoms. The summed E-state index contributed by atoms with van der Waals surface area (Å²) in [4.78, 5) is 9.21. The lowest BCUT2D eigenvalue weighted by Crippen LogP contribution is -2.32. The zero-order valence-electron chi connectivity index (χ0n) is 16.7. The molecule has 0 aliphatic rings. The van der Waals surface area contributed by atoms with E-state index in [0.29, 0.717) is 0 Å². The maximum absolute atomic E-state index is 4.74. The third-order valence-corrected chi connectivity index (χ3v) is 3.86. The number of benzene rings is 2. The van der Waals surface area contributed by atoms with Gasteiger partial charge >= 0.3 is 0 Å². The summed E-state index contributed by atoms with van der Waals surface area (Å²) >= 11 is 0. The molecule has 0 amide bonds. The number of aliphatic imine (C=N–C) groups is 2. The number of anilines is 2. The Bertz CT molecular complexity index is 768. The van der Waals surface area contributed by atoms with Crippen molar-refractivity contribution in [2.45, 2.75) is 46.1 Å². The highest BCUT2D eigenvalue weighted by Gasteiger charge is 2.19. The van der Waals surface area contributed by atoms with Gasteiger partial charge in [-0.1, -0.05) is 57.2 Å². The van der Waals surface area contributed by atoms with Crippen molar-refractivity contribution in [3.05, 3.63) is 60.2 Å². The van der Waals surface area contributed by atoms with Crippen molar-refractivity contribution < 1.29 is 0 Å². The smallest absolute Gasteiger partial charge is 0.169 e. The molecule has 0 aliphatic heterocycles. The highest BCUT2D eigenvalue weighted by Crippen LogP contribution is 2.29. The van der Waals surface area contributed by atoms with Crippen molar-refractivity contribution in [3.8, 4) is 0 Å². The first-order valence-electron chi connectivity index (χ1n) is 9.05. The Labute approximate surface area is 157 Å². The molecule has 0 atom stereocenters. The Hall–Kier alpha value is -2.62. The van der Waals surface area contributed by atoms with Gasteiger partial charge < -0.3 is 10.6 Å². The van der Waals surface area contributed by atoms with E-state index in [1.165, 1.54) is 5.56 Å². The monoisotopic (exact) mass is 350 g/mol. The molecule has 0 saturated carbocycles. The average Bonchev–Trinajstić information content (AvgIpc) is 2.59. The van der Waals surface area contributed by atoms with Crippen LogP contribution in [-0.4, -0.2) is 24.8 Å². The standard InChI is InChI=1S/C22H30N4/c1-16(2)24-21(25-17-12-8-7-9-13-17)20(23-6)26-19-15-11-10-14-18(19)22(3,4)5/h7-16H,1-6H3,(H,23,26)(H,24,25). The lowest BCUT2D eigenvalue weighted by atomic mass is 9.86. The van der Waals surface area contributed by atoms with Gasteiger partial charge in [-0.25, -0.2) is 0 Å². The SMILES string of the molecule is C/N=C(Nc1ccccc1C(C)(C)C)\C(=N/C(C)C)Nc1ccccc1. The van der Waals surface area contributed by atoms with Crippen LogP contribution in [0.15, 0.2) is 64.6 Å². The van der Waals surface area contributed by atoms with Crippen molar-refractivity contribution in [2.75, 3.05) is 17.7 Å². The second-order valence-electron chi connectivity index (χ2n) is 7.56. The van der Waals surface area contributed by atoms with Crippen LogP contribution >= 0.6 is 0 Å². The lowest BCUT2D eigenvalue weighted by molar-refractivity contribution is 0.592. The topological polar surface area (TPSA) is 48.8 Å². The molecule has 0 fully saturated rings. The summed E-state index contributed by atoms with van der Waals surface area (Å²) in [7, 11) is 1.78. The minimum absolute atomic E-state index is 0.0324. The van der Waals surface area contributed by atoms with Crippen LogP contribution in [0.4, 0.5) is 11.4 Å². The molecule has 2 aromatic carbocycles. The van der Waals surface area contributed by atoms with Crippen molar-refractivity contribution >= 4 is 23.0 Å². The third kappa shape index (κ3) is 5.45. The number of rotatable bonds is 3. The van der Waals surface area contributed by atoms with Gasteiger partial charge in [-0.2, -0.15) is 0 Å². The van der Waals surface area contributed by atoms with E-state index in [4.69, 9.17) is 4.99 Å². The Morgan fingerprint density at radius 3 is 2.04 bits per heavy atom. The molecule has 0 radical (unpaired) electrons. The van der Waals surface area contributed by atoms with E-state index in [9.17, 15) is 0 Å². The van der Waals surface area contributed by atoms with E-state index in [1.807, 2.05) is 36.4 Å². The van der Waals surface area contributed by atoms with Gasteiger partial charge in [0.15, 0.2) is 11.7 Å². The molecule has 0 aromatic heterocycles. The minimum atomic E-state index is 0.0324. The number of nitrogens with zero attached hydrogens (tertiary/aromatic N) is 2. The number of para-hydroxylation sites is 2. The summed E-state index contributed by atoms with van der Waals surface area (Å²) in [5.74, 6) is 1.46. The van der Waals surface area contributed by atoms with E-state index in [-0.39, 0.29) is 11.5 Å². The second-order valence-corrected chi connectivity index (χ2v) is 7.56. The van der Waals surface area contributed by atoms with Crippen LogP contribution in [0.2, 0.25) is 0 Å². The van der Waals surface area contributed by atoms with Gasteiger partial charge in [0.25, 0.3) is 0 Å². The molecule has 0 saturated heterocycles. The highest BCUT2D eigenvalue weighted by atomic mass is 15.1. The van der Waals surface area contributed by atoms with Crippen molar-refractivity contribution in [2.24, 2.45) is 9.98 Å². The Morgan fingerprint density at radius 1 is 0.846 bits per heavy atom.